The number of fused-ring (bicyclic) bond motifs is 1. The number of rotatable bonds is 11. The van der Waals surface area contributed by atoms with Crippen LogP contribution in [0.5, 0.6) is 0 Å². The number of hydroxylamine groups is 2. The molecule has 8 rings (SSSR count). The monoisotopic (exact) mass is 826 g/mol. The molecule has 3 amide bonds. The number of amides is 3. The van der Waals surface area contributed by atoms with Gasteiger partial charge in [0.2, 0.25) is 5.91 Å². The molecule has 0 spiro atoms. The molecule has 15 nitrogen and oxygen atoms in total. The zero-order chi connectivity index (χ0) is 43.0. The van der Waals surface area contributed by atoms with E-state index in [1.165, 1.54) is 12.1 Å². The van der Waals surface area contributed by atoms with Crippen LogP contribution in [0.4, 0.5) is 9.59 Å². The first-order valence-corrected chi connectivity index (χ1v) is 20.6. The van der Waals surface area contributed by atoms with E-state index in [0.717, 1.165) is 44.4 Å². The number of ether oxygens (including phenoxy) is 1. The average Bonchev–Trinajstić information content (AvgIpc) is 4.12. The molecule has 0 radical (unpaired) electrons. The normalized spacial score (nSPS) is 20.1. The predicted molar refractivity (Wildman–Crippen MR) is 229 cm³/mol. The van der Waals surface area contributed by atoms with Crippen LogP contribution >= 0.6 is 0 Å². The molecule has 2 aliphatic rings. The number of quaternary nitrogens is 1. The van der Waals surface area contributed by atoms with Gasteiger partial charge in [-0.25, -0.2) is 14.8 Å². The van der Waals surface area contributed by atoms with Crippen molar-refractivity contribution in [2.45, 2.75) is 70.3 Å². The predicted octanol–water partition coefficient (Wildman–Crippen LogP) is 8.11. The van der Waals surface area contributed by atoms with E-state index in [1.807, 2.05) is 62.4 Å². The molecular weight excluding hydrogens is 777 g/mol. The van der Waals surface area contributed by atoms with E-state index in [0.29, 0.717) is 43.0 Å². The highest BCUT2D eigenvalue weighted by Gasteiger charge is 2.48. The van der Waals surface area contributed by atoms with Crippen molar-refractivity contribution in [3.05, 3.63) is 126 Å². The molecule has 0 bridgehead atoms. The molecular formula is C46H50N8O7. The largest absolute Gasteiger partial charge is 0.601 e. The van der Waals surface area contributed by atoms with Crippen LogP contribution in [-0.4, -0.2) is 95.3 Å². The van der Waals surface area contributed by atoms with Crippen molar-refractivity contribution in [2.24, 2.45) is 5.92 Å². The molecule has 4 heterocycles. The number of aromatic amines is 2. The Labute approximate surface area is 353 Å². The highest BCUT2D eigenvalue weighted by molar-refractivity contribution is 5.91. The van der Waals surface area contributed by atoms with E-state index >= 15 is 0 Å². The maximum Gasteiger partial charge on any atom is 0.534 e. The molecule has 0 aliphatic carbocycles. The molecule has 6 aromatic rings. The molecule has 2 aliphatic heterocycles. The molecule has 4 unspecified atom stereocenters. The zero-order valence-corrected chi connectivity index (χ0v) is 34.5. The smallest absolute Gasteiger partial charge is 0.534 e. The van der Waals surface area contributed by atoms with Crippen LogP contribution in [0.15, 0.2) is 103 Å². The number of imidazole rings is 2. The number of methoxy groups -OCH3 is 1. The Morgan fingerprint density at radius 2 is 1.43 bits per heavy atom. The number of nitrogens with zero attached hydrogens (tertiary/aromatic N) is 5. The first-order valence-electron chi connectivity index (χ1n) is 20.6. The number of aliphatic hydroxyl groups is 1. The number of aliphatic hydroxyl groups excluding tert-OH is 1. The number of carbonyl (C=O) groups excluding carboxylic acids is 2. The first kappa shape index (κ1) is 41.3. The van der Waals surface area contributed by atoms with Gasteiger partial charge in [-0.15, -0.1) is 5.01 Å². The van der Waals surface area contributed by atoms with E-state index in [2.05, 4.69) is 55.6 Å². The van der Waals surface area contributed by atoms with Crippen LogP contribution in [0.25, 0.3) is 44.4 Å². The number of nitrogens with one attached hydrogen (secondary N) is 3. The number of β-amino-alcohol motifs (C(OH)–C–C–N with tert-alkyl or cyclic N) is 1. The lowest BCUT2D eigenvalue weighted by Gasteiger charge is -2.48. The summed E-state index contributed by atoms with van der Waals surface area (Å²) in [5.74, 6) is 0.613. The number of H-pyrrole nitrogens is 2. The Hall–Kier alpha value is -6.39. The molecule has 316 valence electrons. The van der Waals surface area contributed by atoms with Crippen molar-refractivity contribution in [3.63, 3.8) is 0 Å². The summed E-state index contributed by atoms with van der Waals surface area (Å²) in [6.45, 7) is 5.81. The van der Waals surface area contributed by atoms with Gasteiger partial charge >= 0.3 is 12.2 Å². The Balaban J connectivity index is 0.963. The molecule has 15 heteroatoms. The first-order chi connectivity index (χ1) is 29.3. The van der Waals surface area contributed by atoms with E-state index in [4.69, 9.17) is 4.74 Å². The quantitative estimate of drug-likeness (QED) is 0.0628. The third-order valence-electron chi connectivity index (χ3n) is 12.1. The summed E-state index contributed by atoms with van der Waals surface area (Å²) in [6.07, 6.45) is 2.20. The summed E-state index contributed by atoms with van der Waals surface area (Å²) in [7, 11) is 1.25. The third-order valence-corrected chi connectivity index (χ3v) is 12.1. The van der Waals surface area contributed by atoms with E-state index in [-0.39, 0.29) is 18.4 Å². The number of alkyl carbamates (subject to hydrolysis) is 1. The third kappa shape index (κ3) is 8.00. The SMILES string of the molecule is COC(=O)NC(C(=O)N1C[C@@H](O)C[C@H]1c1ncc(-c2ccc3cc(-c4ccc(-c5cnc(C6CCCN6[N+]([O-])(C(=O)O)C(C)c6ccccc6)[nH]5)cc4)ccc3c2)[nH]1)C(C)C. The van der Waals surface area contributed by atoms with Gasteiger partial charge in [-0.3, -0.25) is 4.79 Å². The van der Waals surface area contributed by atoms with Gasteiger partial charge in [-0.2, -0.15) is 9.55 Å². The highest BCUT2D eigenvalue weighted by atomic mass is 16.7. The minimum absolute atomic E-state index is 0.130. The maximum absolute atomic E-state index is 14.2. The summed E-state index contributed by atoms with van der Waals surface area (Å²) >= 11 is 0. The van der Waals surface area contributed by atoms with Crippen molar-refractivity contribution < 1.29 is 34.1 Å². The molecule has 61 heavy (non-hydrogen) atoms. The van der Waals surface area contributed by atoms with Crippen LogP contribution in [0.1, 0.15) is 75.4 Å². The number of likely N-dealkylation sites (tertiary alicyclic amines) is 1. The van der Waals surface area contributed by atoms with Crippen molar-refractivity contribution in [3.8, 4) is 33.6 Å². The molecule has 2 saturated heterocycles. The lowest BCUT2D eigenvalue weighted by molar-refractivity contribution is -0.958. The summed E-state index contributed by atoms with van der Waals surface area (Å²) in [5, 5.41) is 41.3. The van der Waals surface area contributed by atoms with Crippen molar-refractivity contribution in [2.75, 3.05) is 20.2 Å². The van der Waals surface area contributed by atoms with Gasteiger partial charge in [-0.1, -0.05) is 92.7 Å². The number of hydrogen-bond acceptors (Lipinski definition) is 9. The topological polar surface area (TPSA) is 200 Å². The Bertz CT molecular complexity index is 2540. The lowest BCUT2D eigenvalue weighted by atomic mass is 9.98. The lowest BCUT2D eigenvalue weighted by Crippen LogP contribution is -2.60. The standard InChI is InChI=1S/C46H50N8O7/c1-27(2)41(51-45(57)61-4)44(56)52-26-36(55)23-40(52)43-48-25-38(50-43)35-19-18-33-21-32(16-17-34(33)22-35)30-12-14-31(15-13-30)37-24-47-42(49-37)39-11-8-20-53(39)54(60,46(58)59)28(3)29-9-6-5-7-10-29/h5-7,9-10,12-19,21-22,24-25,27-28,36,39-41,55H,8,11,20,23,26H2,1-4H3,(H,47,49)(H,48,50)(H,51,57)(H,58,59)/t28?,36-,39?,40-,41?,54?/m0/s1. The number of benzene rings is 4. The van der Waals surface area contributed by atoms with Gasteiger partial charge in [0.15, 0.2) is 0 Å². The molecule has 2 fully saturated rings. The second-order valence-electron chi connectivity index (χ2n) is 16.3. The zero-order valence-electron chi connectivity index (χ0n) is 34.5. The Morgan fingerprint density at radius 1 is 0.836 bits per heavy atom. The summed E-state index contributed by atoms with van der Waals surface area (Å²) in [4.78, 5) is 55.9. The Morgan fingerprint density at radius 3 is 2.07 bits per heavy atom. The van der Waals surface area contributed by atoms with Gasteiger partial charge in [0.1, 0.15) is 29.8 Å². The van der Waals surface area contributed by atoms with E-state index in [1.54, 1.807) is 36.4 Å². The minimum Gasteiger partial charge on any atom is -0.601 e. The molecule has 0 saturated carbocycles. The van der Waals surface area contributed by atoms with Gasteiger partial charge in [0.05, 0.1) is 43.0 Å². The van der Waals surface area contributed by atoms with Crippen LogP contribution in [-0.2, 0) is 9.53 Å². The second kappa shape index (κ2) is 16.9. The number of aromatic nitrogens is 4. The Kier molecular flexibility index (Phi) is 11.5. The summed E-state index contributed by atoms with van der Waals surface area (Å²) in [5.41, 5.74) is 6.10. The van der Waals surface area contributed by atoms with Crippen LogP contribution in [0, 0.1) is 11.1 Å². The number of carbonyl (C=O) groups is 3. The van der Waals surface area contributed by atoms with Crippen molar-refractivity contribution >= 4 is 28.9 Å². The van der Waals surface area contributed by atoms with Gasteiger partial charge < -0.3 is 40.3 Å². The van der Waals surface area contributed by atoms with Gasteiger partial charge in [0, 0.05) is 30.6 Å². The molecule has 4 aromatic carbocycles. The molecule has 2 aromatic heterocycles. The summed E-state index contributed by atoms with van der Waals surface area (Å²) < 4.78 is 3.23. The fraction of sp³-hybridized carbons (Fsp3) is 0.326. The van der Waals surface area contributed by atoms with Crippen molar-refractivity contribution in [1.29, 1.82) is 0 Å². The molecule has 6 atom stereocenters. The number of carboxylic acid groups (broad SMARTS) is 1. The van der Waals surface area contributed by atoms with E-state index in [9.17, 15) is 29.8 Å². The van der Waals surface area contributed by atoms with Gasteiger partial charge in [-0.05, 0) is 65.3 Å². The summed E-state index contributed by atoms with van der Waals surface area (Å²) in [6, 6.07) is 27.0. The second-order valence-corrected chi connectivity index (χ2v) is 16.3. The average molecular weight is 827 g/mol. The number of hydrogen-bond donors (Lipinski definition) is 5. The minimum atomic E-state index is -1.51. The van der Waals surface area contributed by atoms with Crippen LogP contribution in [0.2, 0.25) is 0 Å². The van der Waals surface area contributed by atoms with Gasteiger partial charge in [0.25, 0.3) is 0 Å². The van der Waals surface area contributed by atoms with E-state index < -0.39 is 47.2 Å². The van der Waals surface area contributed by atoms with Crippen LogP contribution in [0.3, 0.4) is 0 Å². The maximum atomic E-state index is 14.2. The van der Waals surface area contributed by atoms with Crippen molar-refractivity contribution in [1.82, 2.24) is 35.2 Å². The fourth-order valence-electron chi connectivity index (χ4n) is 8.75. The fourth-order valence-corrected chi connectivity index (χ4v) is 8.75. The molecule has 5 N–H and O–H groups in total. The highest BCUT2D eigenvalue weighted by Crippen LogP contribution is 2.42. The van der Waals surface area contributed by atoms with Crippen LogP contribution < -0.4 is 5.32 Å².